The van der Waals surface area contributed by atoms with Gasteiger partial charge in [0.1, 0.15) is 4.90 Å². The zero-order chi connectivity index (χ0) is 19.8. The molecule has 9 heteroatoms. The Hall–Kier alpha value is -1.45. The number of sulfonamides is 1. The van der Waals surface area contributed by atoms with Crippen molar-refractivity contribution in [3.05, 3.63) is 45.1 Å². The summed E-state index contributed by atoms with van der Waals surface area (Å²) in [6.07, 6.45) is 0.941. The summed E-state index contributed by atoms with van der Waals surface area (Å²) in [5, 5.41) is 5.02. The molecular formula is C18H22ClN3O3S2. The molecule has 6 nitrogen and oxygen atoms in total. The summed E-state index contributed by atoms with van der Waals surface area (Å²) in [6.45, 7) is 3.43. The zero-order valence-corrected chi connectivity index (χ0v) is 17.8. The van der Waals surface area contributed by atoms with Crippen molar-refractivity contribution in [2.45, 2.75) is 30.8 Å². The molecule has 1 aromatic carbocycles. The van der Waals surface area contributed by atoms with E-state index in [1.165, 1.54) is 36.7 Å². The van der Waals surface area contributed by atoms with Crippen molar-refractivity contribution < 1.29 is 13.2 Å². The molecule has 1 aliphatic heterocycles. The first kappa shape index (κ1) is 20.3. The minimum absolute atomic E-state index is 0.0273. The van der Waals surface area contributed by atoms with E-state index in [1.807, 2.05) is 6.92 Å². The van der Waals surface area contributed by atoms with Crippen LogP contribution in [0, 0.1) is 0 Å². The molecule has 1 atom stereocenters. The van der Waals surface area contributed by atoms with Gasteiger partial charge in [-0.15, -0.1) is 11.3 Å². The summed E-state index contributed by atoms with van der Waals surface area (Å²) in [5.41, 5.74) is 1.68. The van der Waals surface area contributed by atoms with Gasteiger partial charge in [0.15, 0.2) is 0 Å². The third kappa shape index (κ3) is 4.20. The molecule has 0 spiro atoms. The highest BCUT2D eigenvalue weighted by Gasteiger charge is 2.27. The number of anilines is 1. The number of rotatable bonds is 5. The number of thiophene rings is 1. The Morgan fingerprint density at radius 2 is 2.07 bits per heavy atom. The Labute approximate surface area is 168 Å². The van der Waals surface area contributed by atoms with E-state index in [0.29, 0.717) is 5.69 Å². The normalized spacial score (nSPS) is 16.2. The van der Waals surface area contributed by atoms with Crippen LogP contribution in [0.5, 0.6) is 0 Å². The van der Waals surface area contributed by atoms with E-state index < -0.39 is 10.0 Å². The van der Waals surface area contributed by atoms with Gasteiger partial charge in [-0.25, -0.2) is 12.7 Å². The fourth-order valence-electron chi connectivity index (χ4n) is 2.99. The lowest BCUT2D eigenvalue weighted by atomic mass is 10.1. The number of carbonyl (C=O) groups excluding carboxylic acids is 1. The summed E-state index contributed by atoms with van der Waals surface area (Å²) < 4.78 is 25.9. The lowest BCUT2D eigenvalue weighted by molar-refractivity contribution is -0.121. The molecule has 0 bridgehead atoms. The van der Waals surface area contributed by atoms with Gasteiger partial charge >= 0.3 is 0 Å². The van der Waals surface area contributed by atoms with Gasteiger partial charge < -0.3 is 5.32 Å². The molecule has 1 N–H and O–H groups in total. The predicted molar refractivity (Wildman–Crippen MR) is 109 cm³/mol. The number of benzene rings is 1. The molecule has 0 aliphatic carbocycles. The summed E-state index contributed by atoms with van der Waals surface area (Å²) in [4.78, 5) is 16.2. The minimum Gasteiger partial charge on any atom is -0.325 e. The van der Waals surface area contributed by atoms with E-state index in [0.717, 1.165) is 23.8 Å². The SMILES string of the molecule is C[C@@H](C(=O)Nc1ccc(Cl)c(S(=O)(=O)N(C)C)c1)N1CCc2sccc2C1. The fourth-order valence-corrected chi connectivity index (χ4v) is 5.27. The molecule has 27 heavy (non-hydrogen) atoms. The van der Waals surface area contributed by atoms with Gasteiger partial charge in [0.25, 0.3) is 0 Å². The van der Waals surface area contributed by atoms with Crippen LogP contribution >= 0.6 is 22.9 Å². The standard InChI is InChI=1S/C18H22ClN3O3S2/c1-12(22-8-6-16-13(11-22)7-9-26-16)18(23)20-14-4-5-15(19)17(10-14)27(24,25)21(2)3/h4-5,7,9-10,12H,6,8,11H2,1-3H3,(H,20,23)/t12-/m0/s1. The number of fused-ring (bicyclic) bond motifs is 1. The molecule has 146 valence electrons. The monoisotopic (exact) mass is 427 g/mol. The van der Waals surface area contributed by atoms with E-state index in [-0.39, 0.29) is 21.9 Å². The number of halogens is 1. The Bertz CT molecular complexity index is 957. The predicted octanol–water partition coefficient (Wildman–Crippen LogP) is 3.04. The first-order chi connectivity index (χ1) is 12.7. The number of nitrogens with one attached hydrogen (secondary N) is 1. The van der Waals surface area contributed by atoms with Gasteiger partial charge in [0, 0.05) is 37.7 Å². The quantitative estimate of drug-likeness (QED) is 0.796. The molecule has 3 rings (SSSR count). The van der Waals surface area contributed by atoms with E-state index in [1.54, 1.807) is 17.4 Å². The molecule has 0 saturated heterocycles. The average Bonchev–Trinajstić information content (AvgIpc) is 3.10. The number of nitrogens with zero attached hydrogens (tertiary/aromatic N) is 2. The summed E-state index contributed by atoms with van der Waals surface area (Å²) in [7, 11) is -0.816. The Morgan fingerprint density at radius 1 is 1.33 bits per heavy atom. The van der Waals surface area contributed by atoms with E-state index in [4.69, 9.17) is 11.6 Å². The lowest BCUT2D eigenvalue weighted by Gasteiger charge is -2.31. The van der Waals surface area contributed by atoms with Crippen molar-refractivity contribution in [3.8, 4) is 0 Å². The minimum atomic E-state index is -3.69. The van der Waals surface area contributed by atoms with Crippen LogP contribution < -0.4 is 5.32 Å². The maximum absolute atomic E-state index is 12.7. The maximum atomic E-state index is 12.7. The second kappa shape index (κ2) is 7.89. The van der Waals surface area contributed by atoms with Crippen molar-refractivity contribution in [3.63, 3.8) is 0 Å². The third-order valence-electron chi connectivity index (χ3n) is 4.72. The fraction of sp³-hybridized carbons (Fsp3) is 0.389. The topological polar surface area (TPSA) is 69.7 Å². The maximum Gasteiger partial charge on any atom is 0.244 e. The van der Waals surface area contributed by atoms with Crippen molar-refractivity contribution in [1.82, 2.24) is 9.21 Å². The first-order valence-electron chi connectivity index (χ1n) is 8.52. The molecule has 2 aromatic rings. The number of hydrogen-bond donors (Lipinski definition) is 1. The highest BCUT2D eigenvalue weighted by Crippen LogP contribution is 2.28. The van der Waals surface area contributed by atoms with Gasteiger partial charge in [-0.3, -0.25) is 9.69 Å². The van der Waals surface area contributed by atoms with Crippen LogP contribution in [-0.2, 0) is 27.8 Å². The number of amides is 1. The van der Waals surface area contributed by atoms with Crippen LogP contribution in [0.2, 0.25) is 5.02 Å². The number of carbonyl (C=O) groups is 1. The van der Waals surface area contributed by atoms with Gasteiger partial charge in [0.2, 0.25) is 15.9 Å². The molecule has 0 fully saturated rings. The second-order valence-corrected chi connectivity index (χ2v) is 10.2. The molecule has 0 unspecified atom stereocenters. The van der Waals surface area contributed by atoms with Crippen LogP contribution in [0.25, 0.3) is 0 Å². The smallest absolute Gasteiger partial charge is 0.244 e. The van der Waals surface area contributed by atoms with E-state index >= 15 is 0 Å². The average molecular weight is 428 g/mol. The van der Waals surface area contributed by atoms with Crippen molar-refractivity contribution in [1.29, 1.82) is 0 Å². The van der Waals surface area contributed by atoms with Crippen LogP contribution in [0.1, 0.15) is 17.4 Å². The van der Waals surface area contributed by atoms with E-state index in [9.17, 15) is 13.2 Å². The highest BCUT2D eigenvalue weighted by molar-refractivity contribution is 7.89. The van der Waals surface area contributed by atoms with Crippen LogP contribution in [0.3, 0.4) is 0 Å². The molecule has 1 amide bonds. The Morgan fingerprint density at radius 3 is 2.78 bits per heavy atom. The van der Waals surface area contributed by atoms with Gasteiger partial charge in [-0.05, 0) is 48.6 Å². The summed E-state index contributed by atoms with van der Waals surface area (Å²) in [5.74, 6) is -0.177. The van der Waals surface area contributed by atoms with Gasteiger partial charge in [0.05, 0.1) is 11.1 Å². The van der Waals surface area contributed by atoms with Crippen LogP contribution in [0.15, 0.2) is 34.5 Å². The summed E-state index contributed by atoms with van der Waals surface area (Å²) >= 11 is 7.81. The molecular weight excluding hydrogens is 406 g/mol. The first-order valence-corrected chi connectivity index (χ1v) is 11.2. The van der Waals surface area contributed by atoms with Crippen molar-refractivity contribution in [2.24, 2.45) is 0 Å². The highest BCUT2D eigenvalue weighted by atomic mass is 35.5. The molecule has 1 aromatic heterocycles. The molecule has 2 heterocycles. The Balaban J connectivity index is 1.75. The number of hydrogen-bond acceptors (Lipinski definition) is 5. The van der Waals surface area contributed by atoms with Crippen molar-refractivity contribution in [2.75, 3.05) is 26.0 Å². The Kier molecular flexibility index (Phi) is 5.93. The molecule has 0 saturated carbocycles. The van der Waals surface area contributed by atoms with Crippen LogP contribution in [0.4, 0.5) is 5.69 Å². The largest absolute Gasteiger partial charge is 0.325 e. The zero-order valence-electron chi connectivity index (χ0n) is 15.4. The van der Waals surface area contributed by atoms with Gasteiger partial charge in [-0.1, -0.05) is 11.6 Å². The molecule has 0 radical (unpaired) electrons. The summed E-state index contributed by atoms with van der Waals surface area (Å²) in [6, 6.07) is 6.26. The molecule has 1 aliphatic rings. The van der Waals surface area contributed by atoms with Crippen molar-refractivity contribution >= 4 is 44.6 Å². The second-order valence-electron chi connectivity index (χ2n) is 6.69. The van der Waals surface area contributed by atoms with E-state index in [2.05, 4.69) is 21.7 Å². The lowest BCUT2D eigenvalue weighted by Crippen LogP contribution is -2.44. The third-order valence-corrected chi connectivity index (χ3v) is 8.04. The van der Waals surface area contributed by atoms with Gasteiger partial charge in [-0.2, -0.15) is 0 Å². The van der Waals surface area contributed by atoms with Crippen LogP contribution in [-0.4, -0.2) is 50.2 Å².